The first-order valence-corrected chi connectivity index (χ1v) is 7.72. The van der Waals surface area contributed by atoms with Gasteiger partial charge >= 0.3 is 0 Å². The number of carbonyl (C=O) groups is 2. The van der Waals surface area contributed by atoms with E-state index >= 15 is 0 Å². The van der Waals surface area contributed by atoms with E-state index in [2.05, 4.69) is 27.3 Å². The fourth-order valence-corrected chi connectivity index (χ4v) is 2.42. The molecule has 1 fully saturated rings. The van der Waals surface area contributed by atoms with Crippen molar-refractivity contribution in [1.29, 1.82) is 0 Å². The number of rotatable bonds is 9. The Morgan fingerprint density at radius 2 is 2.00 bits per heavy atom. The van der Waals surface area contributed by atoms with Gasteiger partial charge in [0.25, 0.3) is 0 Å². The average Bonchev–Trinajstić information content (AvgIpc) is 2.46. The number of nitrogens with two attached hydrogens (primary N) is 1. The summed E-state index contributed by atoms with van der Waals surface area (Å²) >= 11 is 0. The van der Waals surface area contributed by atoms with Crippen LogP contribution in [0.15, 0.2) is 0 Å². The van der Waals surface area contributed by atoms with Gasteiger partial charge in [-0.25, -0.2) is 5.90 Å². The lowest BCUT2D eigenvalue weighted by Gasteiger charge is -2.32. The summed E-state index contributed by atoms with van der Waals surface area (Å²) in [6.45, 7) is 4.90. The van der Waals surface area contributed by atoms with E-state index in [9.17, 15) is 9.59 Å². The predicted octanol–water partition coefficient (Wildman–Crippen LogP) is -0.236. The highest BCUT2D eigenvalue weighted by molar-refractivity contribution is 5.80. The molecule has 0 aliphatic carbocycles. The van der Waals surface area contributed by atoms with Crippen molar-refractivity contribution in [3.8, 4) is 0 Å². The third kappa shape index (κ3) is 7.99. The highest BCUT2D eigenvalue weighted by Gasteiger charge is 2.20. The molecule has 0 radical (unpaired) electrons. The lowest BCUT2D eigenvalue weighted by molar-refractivity contribution is -0.123. The second-order valence-corrected chi connectivity index (χ2v) is 5.49. The standard InChI is InChI=1S/C14H28N4O3/c1-12-5-2-3-9-18(12)11-14(20)17-8-6-13(19)16-7-4-10-21-15/h12H,2-11,15H2,1H3,(H,16,19)(H,17,20)/t12-/m0/s1/i1+1,8+1,14+1,17+1. The van der Waals surface area contributed by atoms with Crippen LogP contribution in [0.25, 0.3) is 0 Å². The van der Waals surface area contributed by atoms with Crippen LogP contribution in [0.5, 0.6) is 0 Å². The van der Waals surface area contributed by atoms with E-state index in [0.29, 0.717) is 45.1 Å². The van der Waals surface area contributed by atoms with Crippen molar-refractivity contribution in [1.82, 2.24) is 15.5 Å². The van der Waals surface area contributed by atoms with Gasteiger partial charge in [-0.3, -0.25) is 14.5 Å². The molecule has 122 valence electrons. The van der Waals surface area contributed by atoms with Crippen molar-refractivity contribution in [3.63, 3.8) is 0 Å². The van der Waals surface area contributed by atoms with Crippen molar-refractivity contribution in [3.05, 3.63) is 0 Å². The molecule has 7 heteroatoms. The number of nitrogens with zero attached hydrogens (tertiary/aromatic N) is 1. The number of hydrogen-bond donors (Lipinski definition) is 3. The van der Waals surface area contributed by atoms with Gasteiger partial charge in [-0.1, -0.05) is 6.42 Å². The zero-order chi connectivity index (χ0) is 15.5. The quantitative estimate of drug-likeness (QED) is 0.236. The zero-order valence-corrected chi connectivity index (χ0v) is 12.9. The SMILES string of the molecule is [13CH3][C@H]1CCCCN1C[13C](=O)[15NH][13CH2]CC(=O)NCCCON. The second kappa shape index (κ2) is 10.5. The number of likely N-dealkylation sites (tertiary alicyclic amines) is 1. The van der Waals surface area contributed by atoms with Crippen LogP contribution in [0, 0.1) is 0 Å². The molecule has 21 heavy (non-hydrogen) atoms. The van der Waals surface area contributed by atoms with Crippen molar-refractivity contribution in [2.75, 3.05) is 32.8 Å². The third-order valence-corrected chi connectivity index (χ3v) is 3.72. The maximum absolute atomic E-state index is 11.8. The number of piperidine rings is 1. The molecule has 1 aliphatic rings. The number of amides is 2. The van der Waals surface area contributed by atoms with Gasteiger partial charge in [-0.05, 0) is 32.7 Å². The molecule has 0 bridgehead atoms. The lowest BCUT2D eigenvalue weighted by Crippen LogP contribution is -2.44. The molecular formula is C14H28N4O3. The van der Waals surface area contributed by atoms with Crippen molar-refractivity contribution in [2.45, 2.75) is 45.1 Å². The van der Waals surface area contributed by atoms with E-state index < -0.39 is 0 Å². The Labute approximate surface area is 126 Å². The molecule has 1 saturated heterocycles. The molecule has 0 spiro atoms. The van der Waals surface area contributed by atoms with E-state index in [0.717, 1.165) is 19.4 Å². The largest absolute Gasteiger partial charge is 0.356 e. The topological polar surface area (TPSA) is 96.7 Å². The van der Waals surface area contributed by atoms with Crippen LogP contribution in [-0.4, -0.2) is 55.5 Å². The van der Waals surface area contributed by atoms with Gasteiger partial charge in [0.1, 0.15) is 0 Å². The molecule has 0 saturated carbocycles. The normalized spacial score (nSPS) is 19.2. The molecule has 1 heterocycles. The first-order chi connectivity index (χ1) is 10.1. The van der Waals surface area contributed by atoms with Gasteiger partial charge < -0.3 is 15.5 Å². The maximum Gasteiger partial charge on any atom is 0.234 e. The Morgan fingerprint density at radius 1 is 1.24 bits per heavy atom. The van der Waals surface area contributed by atoms with E-state index in [1.54, 1.807) is 0 Å². The fourth-order valence-electron chi connectivity index (χ4n) is 2.42. The van der Waals surface area contributed by atoms with Gasteiger partial charge in [0.2, 0.25) is 11.8 Å². The molecule has 4 N–H and O–H groups in total. The summed E-state index contributed by atoms with van der Waals surface area (Å²) in [5.41, 5.74) is 0. The van der Waals surface area contributed by atoms with Crippen molar-refractivity contribution in [2.24, 2.45) is 5.90 Å². The van der Waals surface area contributed by atoms with E-state index in [4.69, 9.17) is 5.90 Å². The summed E-state index contributed by atoms with van der Waals surface area (Å²) in [4.78, 5) is 29.9. The molecule has 0 aromatic rings. The van der Waals surface area contributed by atoms with Gasteiger partial charge in [-0.15, -0.1) is 0 Å². The predicted molar refractivity (Wildman–Crippen MR) is 80.3 cm³/mol. The van der Waals surface area contributed by atoms with E-state index in [1.807, 2.05) is 0 Å². The van der Waals surface area contributed by atoms with E-state index in [1.165, 1.54) is 6.42 Å². The van der Waals surface area contributed by atoms with Crippen LogP contribution in [0.1, 0.15) is 39.0 Å². The summed E-state index contributed by atoms with van der Waals surface area (Å²) in [6.07, 6.45) is 4.54. The molecule has 1 aliphatic heterocycles. The molecular weight excluding hydrogens is 276 g/mol. The van der Waals surface area contributed by atoms with Crippen LogP contribution in [0.2, 0.25) is 0 Å². The minimum absolute atomic E-state index is 0.00641. The number of hydrogen-bond acceptors (Lipinski definition) is 5. The summed E-state index contributed by atoms with van der Waals surface area (Å²) in [5, 5.41) is 5.54. The molecule has 2 amide bonds. The van der Waals surface area contributed by atoms with Gasteiger partial charge in [0.15, 0.2) is 0 Å². The molecule has 0 unspecified atom stereocenters. The molecule has 1 atom stereocenters. The van der Waals surface area contributed by atoms with Crippen molar-refractivity contribution >= 4 is 11.8 Å². The molecule has 0 aromatic heterocycles. The highest BCUT2D eigenvalue weighted by Crippen LogP contribution is 2.15. The molecule has 7 nitrogen and oxygen atoms in total. The zero-order valence-electron chi connectivity index (χ0n) is 12.9. The summed E-state index contributed by atoms with van der Waals surface area (Å²) in [5.74, 6) is 4.80. The first kappa shape index (κ1) is 17.9. The second-order valence-electron chi connectivity index (χ2n) is 5.49. The minimum atomic E-state index is -0.0707. The Hall–Kier alpha value is -1.18. The van der Waals surface area contributed by atoms with Gasteiger partial charge in [0, 0.05) is 25.6 Å². The molecule has 1 rings (SSSR count). The Bertz CT molecular complexity index is 325. The Balaban J connectivity index is 2.05. The van der Waals surface area contributed by atoms with Crippen LogP contribution >= 0.6 is 0 Å². The lowest BCUT2D eigenvalue weighted by atomic mass is 10.1. The summed E-state index contributed by atoms with van der Waals surface area (Å²) in [6, 6.07) is 0.470. The Morgan fingerprint density at radius 3 is 2.71 bits per heavy atom. The first-order valence-electron chi connectivity index (χ1n) is 7.72. The summed E-state index contributed by atoms with van der Waals surface area (Å²) < 4.78 is 0. The highest BCUT2D eigenvalue weighted by atomic mass is 16.6. The number of carbonyl (C=O) groups excluding carboxylic acids is 2. The van der Waals surface area contributed by atoms with Crippen LogP contribution in [-0.2, 0) is 14.4 Å². The monoisotopic (exact) mass is 304 g/mol. The van der Waals surface area contributed by atoms with Gasteiger partial charge in [-0.2, -0.15) is 0 Å². The van der Waals surface area contributed by atoms with Crippen LogP contribution < -0.4 is 16.5 Å². The third-order valence-electron chi connectivity index (χ3n) is 3.72. The Kier molecular flexibility index (Phi) is 8.96. The summed E-state index contributed by atoms with van der Waals surface area (Å²) in [7, 11) is 0. The van der Waals surface area contributed by atoms with E-state index in [-0.39, 0.29) is 11.8 Å². The van der Waals surface area contributed by atoms with Crippen LogP contribution in [0.3, 0.4) is 0 Å². The maximum atomic E-state index is 11.8. The fraction of sp³-hybridized carbons (Fsp3) is 0.857. The van der Waals surface area contributed by atoms with Crippen LogP contribution in [0.4, 0.5) is 0 Å². The van der Waals surface area contributed by atoms with Gasteiger partial charge in [0.05, 0.1) is 13.2 Å². The minimum Gasteiger partial charge on any atom is -0.356 e. The molecule has 0 aromatic carbocycles. The van der Waals surface area contributed by atoms with Crippen molar-refractivity contribution < 1.29 is 14.4 Å². The average molecular weight is 304 g/mol. The smallest absolute Gasteiger partial charge is 0.234 e. The number of nitrogens with one attached hydrogen (secondary N) is 2.